The number of rotatable bonds is 5. The Morgan fingerprint density at radius 1 is 0.960 bits per heavy atom. The SMILES string of the molecule is Cc1cc(C)cc(NC(=O)c2ccc(C(=O)O[C@@H](C)C(=O)O)cc2)c1. The second-order valence-electron chi connectivity index (χ2n) is 5.79. The van der Waals surface area contributed by atoms with Crippen LogP contribution in [0.1, 0.15) is 38.8 Å². The first-order valence-electron chi connectivity index (χ1n) is 7.70. The average molecular weight is 341 g/mol. The predicted octanol–water partition coefficient (Wildman–Crippen LogP) is 3.19. The van der Waals surface area contributed by atoms with Crippen molar-refractivity contribution in [3.8, 4) is 0 Å². The van der Waals surface area contributed by atoms with Gasteiger partial charge < -0.3 is 15.2 Å². The number of carbonyl (C=O) groups excluding carboxylic acids is 2. The summed E-state index contributed by atoms with van der Waals surface area (Å²) in [7, 11) is 0. The summed E-state index contributed by atoms with van der Waals surface area (Å²) in [5.74, 6) is -2.28. The maximum absolute atomic E-state index is 12.3. The third-order valence-corrected chi connectivity index (χ3v) is 3.49. The zero-order valence-corrected chi connectivity index (χ0v) is 14.2. The molecule has 0 aromatic heterocycles. The molecule has 0 saturated carbocycles. The molecule has 130 valence electrons. The van der Waals surface area contributed by atoms with Crippen LogP contribution in [0.15, 0.2) is 42.5 Å². The van der Waals surface area contributed by atoms with Crippen LogP contribution in [0.2, 0.25) is 0 Å². The average Bonchev–Trinajstić information content (AvgIpc) is 2.53. The Hall–Kier alpha value is -3.15. The maximum Gasteiger partial charge on any atom is 0.344 e. The van der Waals surface area contributed by atoms with E-state index < -0.39 is 18.0 Å². The molecule has 0 unspecified atom stereocenters. The van der Waals surface area contributed by atoms with Crippen molar-refractivity contribution >= 4 is 23.5 Å². The smallest absolute Gasteiger partial charge is 0.344 e. The van der Waals surface area contributed by atoms with E-state index in [2.05, 4.69) is 5.32 Å². The Balaban J connectivity index is 2.07. The maximum atomic E-state index is 12.3. The molecule has 0 aliphatic carbocycles. The lowest BCUT2D eigenvalue weighted by atomic mass is 10.1. The van der Waals surface area contributed by atoms with Crippen molar-refractivity contribution in [3.05, 3.63) is 64.7 Å². The van der Waals surface area contributed by atoms with Gasteiger partial charge in [-0.05, 0) is 68.3 Å². The first kappa shape index (κ1) is 18.2. The standard InChI is InChI=1S/C19H19NO5/c1-11-8-12(2)10-16(9-11)20-17(21)14-4-6-15(7-5-14)19(24)25-13(3)18(22)23/h4-10,13H,1-3H3,(H,20,21)(H,22,23)/t13-/m0/s1. The number of benzene rings is 2. The highest BCUT2D eigenvalue weighted by molar-refractivity contribution is 6.05. The van der Waals surface area contributed by atoms with Gasteiger partial charge in [0.25, 0.3) is 5.91 Å². The summed E-state index contributed by atoms with van der Waals surface area (Å²) < 4.78 is 4.78. The minimum Gasteiger partial charge on any atom is -0.479 e. The highest BCUT2D eigenvalue weighted by Gasteiger charge is 2.18. The van der Waals surface area contributed by atoms with Gasteiger partial charge in [0.05, 0.1) is 5.56 Å². The first-order chi connectivity index (χ1) is 11.8. The molecule has 2 aromatic rings. The summed E-state index contributed by atoms with van der Waals surface area (Å²) >= 11 is 0. The van der Waals surface area contributed by atoms with Gasteiger partial charge >= 0.3 is 11.9 Å². The molecule has 0 aliphatic rings. The van der Waals surface area contributed by atoms with Crippen molar-refractivity contribution in [3.63, 3.8) is 0 Å². The minimum absolute atomic E-state index is 0.177. The fourth-order valence-electron chi connectivity index (χ4n) is 2.29. The summed E-state index contributed by atoms with van der Waals surface area (Å²) in [6.07, 6.45) is -1.24. The van der Waals surface area contributed by atoms with Crippen LogP contribution in [0.3, 0.4) is 0 Å². The molecule has 0 bridgehead atoms. The molecule has 1 atom stereocenters. The van der Waals surface area contributed by atoms with E-state index in [4.69, 9.17) is 9.84 Å². The van der Waals surface area contributed by atoms with Crippen LogP contribution in [0.4, 0.5) is 5.69 Å². The molecule has 0 aliphatic heterocycles. The van der Waals surface area contributed by atoms with E-state index >= 15 is 0 Å². The van der Waals surface area contributed by atoms with Gasteiger partial charge in [0.15, 0.2) is 6.10 Å². The normalized spacial score (nSPS) is 11.5. The van der Waals surface area contributed by atoms with E-state index in [0.29, 0.717) is 11.3 Å². The lowest BCUT2D eigenvalue weighted by Crippen LogP contribution is -2.23. The Kier molecular flexibility index (Phi) is 5.54. The van der Waals surface area contributed by atoms with Gasteiger partial charge in [0, 0.05) is 11.3 Å². The van der Waals surface area contributed by atoms with Crippen LogP contribution < -0.4 is 5.32 Å². The molecule has 2 rings (SSSR count). The van der Waals surface area contributed by atoms with Crippen LogP contribution in [0.25, 0.3) is 0 Å². The number of ether oxygens (including phenoxy) is 1. The number of hydrogen-bond donors (Lipinski definition) is 2. The number of aryl methyl sites for hydroxylation is 2. The van der Waals surface area contributed by atoms with Crippen LogP contribution in [-0.2, 0) is 9.53 Å². The van der Waals surface area contributed by atoms with Gasteiger partial charge in [-0.3, -0.25) is 4.79 Å². The lowest BCUT2D eigenvalue weighted by Gasteiger charge is -2.10. The Morgan fingerprint density at radius 3 is 2.00 bits per heavy atom. The molecule has 2 N–H and O–H groups in total. The van der Waals surface area contributed by atoms with Crippen molar-refractivity contribution in [1.82, 2.24) is 0 Å². The Bertz CT molecular complexity index is 791. The van der Waals surface area contributed by atoms with E-state index in [-0.39, 0.29) is 11.5 Å². The number of carboxylic acid groups (broad SMARTS) is 1. The number of anilines is 1. The fraction of sp³-hybridized carbons (Fsp3) is 0.211. The highest BCUT2D eigenvalue weighted by Crippen LogP contribution is 2.15. The summed E-state index contributed by atoms with van der Waals surface area (Å²) in [4.78, 5) is 34.8. The molecule has 6 heteroatoms. The number of esters is 1. The number of carbonyl (C=O) groups is 3. The predicted molar refractivity (Wildman–Crippen MR) is 92.8 cm³/mol. The van der Waals surface area contributed by atoms with Gasteiger partial charge in [-0.25, -0.2) is 9.59 Å². The van der Waals surface area contributed by atoms with Crippen molar-refractivity contribution in [1.29, 1.82) is 0 Å². The monoisotopic (exact) mass is 341 g/mol. The van der Waals surface area contributed by atoms with Crippen molar-refractivity contribution < 1.29 is 24.2 Å². The van der Waals surface area contributed by atoms with E-state index in [0.717, 1.165) is 11.1 Å². The Labute approximate surface area is 145 Å². The second kappa shape index (κ2) is 7.61. The third kappa shape index (κ3) is 4.91. The number of aliphatic carboxylic acids is 1. The summed E-state index contributed by atoms with van der Waals surface area (Å²) in [6.45, 7) is 5.16. The fourth-order valence-corrected chi connectivity index (χ4v) is 2.29. The van der Waals surface area contributed by atoms with Gasteiger partial charge in [-0.2, -0.15) is 0 Å². The molecule has 0 saturated heterocycles. The summed E-state index contributed by atoms with van der Waals surface area (Å²) in [5, 5.41) is 11.5. The van der Waals surface area contributed by atoms with Crippen molar-refractivity contribution in [2.75, 3.05) is 5.32 Å². The number of hydrogen-bond acceptors (Lipinski definition) is 4. The second-order valence-corrected chi connectivity index (χ2v) is 5.79. The quantitative estimate of drug-likeness (QED) is 0.815. The molecule has 0 fully saturated rings. The van der Waals surface area contributed by atoms with Crippen LogP contribution >= 0.6 is 0 Å². The van der Waals surface area contributed by atoms with Crippen molar-refractivity contribution in [2.45, 2.75) is 26.9 Å². The molecule has 0 heterocycles. The molecule has 2 aromatic carbocycles. The number of nitrogens with one attached hydrogen (secondary N) is 1. The van der Waals surface area contributed by atoms with Crippen LogP contribution in [0.5, 0.6) is 0 Å². The topological polar surface area (TPSA) is 92.7 Å². The number of amides is 1. The Morgan fingerprint density at radius 2 is 1.48 bits per heavy atom. The number of carboxylic acids is 1. The van der Waals surface area contributed by atoms with E-state index in [1.54, 1.807) is 0 Å². The molecule has 25 heavy (non-hydrogen) atoms. The summed E-state index contributed by atoms with van der Waals surface area (Å²) in [6, 6.07) is 11.6. The molecular formula is C19H19NO5. The van der Waals surface area contributed by atoms with Crippen molar-refractivity contribution in [2.24, 2.45) is 0 Å². The first-order valence-corrected chi connectivity index (χ1v) is 7.70. The summed E-state index contributed by atoms with van der Waals surface area (Å²) in [5.41, 5.74) is 3.33. The van der Waals surface area contributed by atoms with Gasteiger partial charge in [-0.1, -0.05) is 6.07 Å². The molecule has 6 nitrogen and oxygen atoms in total. The van der Waals surface area contributed by atoms with Gasteiger partial charge in [-0.15, -0.1) is 0 Å². The van der Waals surface area contributed by atoms with E-state index in [1.807, 2.05) is 32.0 Å². The zero-order chi connectivity index (χ0) is 18.6. The molecule has 0 spiro atoms. The minimum atomic E-state index is -1.24. The third-order valence-electron chi connectivity index (χ3n) is 3.49. The largest absolute Gasteiger partial charge is 0.479 e. The van der Waals surface area contributed by atoms with E-state index in [1.165, 1.54) is 31.2 Å². The van der Waals surface area contributed by atoms with Crippen LogP contribution in [-0.4, -0.2) is 29.1 Å². The highest BCUT2D eigenvalue weighted by atomic mass is 16.6. The lowest BCUT2D eigenvalue weighted by molar-refractivity contribution is -0.146. The molecule has 0 radical (unpaired) electrons. The van der Waals surface area contributed by atoms with Gasteiger partial charge in [0.2, 0.25) is 0 Å². The zero-order valence-electron chi connectivity index (χ0n) is 14.2. The van der Waals surface area contributed by atoms with Gasteiger partial charge in [0.1, 0.15) is 0 Å². The van der Waals surface area contributed by atoms with Crippen LogP contribution in [0, 0.1) is 13.8 Å². The molecule has 1 amide bonds. The molecular weight excluding hydrogens is 322 g/mol. The van der Waals surface area contributed by atoms with E-state index in [9.17, 15) is 14.4 Å².